The first-order chi connectivity index (χ1) is 7.01. The van der Waals surface area contributed by atoms with Crippen LogP contribution in [0, 0.1) is 0 Å². The Kier molecular flexibility index (Phi) is 3.88. The van der Waals surface area contributed by atoms with E-state index in [1.54, 1.807) is 0 Å². The van der Waals surface area contributed by atoms with Gasteiger partial charge in [-0.2, -0.15) is 13.2 Å². The van der Waals surface area contributed by atoms with Crippen molar-refractivity contribution in [3.05, 3.63) is 18.1 Å². The standard InChI is InChI=1S/C9H12F3N3/c1-2-3-13-8-4-7(14-6-15-8)5-9(10,11)12/h4,6H,2-3,5H2,1H3,(H,13,14,15). The van der Waals surface area contributed by atoms with Gasteiger partial charge in [-0.25, -0.2) is 9.97 Å². The number of anilines is 1. The zero-order chi connectivity index (χ0) is 11.3. The van der Waals surface area contributed by atoms with Crippen molar-refractivity contribution in [2.24, 2.45) is 0 Å². The molecule has 0 bridgehead atoms. The van der Waals surface area contributed by atoms with Gasteiger partial charge in [0.2, 0.25) is 0 Å². The van der Waals surface area contributed by atoms with E-state index in [-0.39, 0.29) is 5.69 Å². The van der Waals surface area contributed by atoms with E-state index >= 15 is 0 Å². The minimum absolute atomic E-state index is 0.0175. The molecule has 84 valence electrons. The van der Waals surface area contributed by atoms with Gasteiger partial charge in [-0.05, 0) is 6.42 Å². The van der Waals surface area contributed by atoms with Crippen LogP contribution >= 0.6 is 0 Å². The van der Waals surface area contributed by atoms with E-state index < -0.39 is 12.6 Å². The Labute approximate surface area is 85.7 Å². The largest absolute Gasteiger partial charge is 0.394 e. The van der Waals surface area contributed by atoms with Gasteiger partial charge in [-0.15, -0.1) is 0 Å². The summed E-state index contributed by atoms with van der Waals surface area (Å²) in [6.07, 6.45) is -3.22. The first-order valence-electron chi connectivity index (χ1n) is 4.63. The topological polar surface area (TPSA) is 37.8 Å². The molecule has 0 saturated heterocycles. The Morgan fingerprint density at radius 3 is 2.67 bits per heavy atom. The Hall–Kier alpha value is -1.33. The molecule has 0 aromatic carbocycles. The van der Waals surface area contributed by atoms with E-state index in [2.05, 4.69) is 15.3 Å². The van der Waals surface area contributed by atoms with Gasteiger partial charge in [-0.3, -0.25) is 0 Å². The van der Waals surface area contributed by atoms with E-state index in [0.29, 0.717) is 12.4 Å². The van der Waals surface area contributed by atoms with Crippen molar-refractivity contribution in [2.75, 3.05) is 11.9 Å². The summed E-state index contributed by atoms with van der Waals surface area (Å²) < 4.78 is 36.1. The predicted octanol–water partition coefficient (Wildman–Crippen LogP) is 2.40. The lowest BCUT2D eigenvalue weighted by Gasteiger charge is -2.07. The molecule has 3 nitrogen and oxygen atoms in total. The molecule has 0 aliphatic rings. The highest BCUT2D eigenvalue weighted by molar-refractivity contribution is 5.34. The maximum Gasteiger partial charge on any atom is 0.394 e. The molecule has 0 saturated carbocycles. The maximum atomic E-state index is 12.0. The second kappa shape index (κ2) is 4.95. The summed E-state index contributed by atoms with van der Waals surface area (Å²) in [6.45, 7) is 2.65. The fraction of sp³-hybridized carbons (Fsp3) is 0.556. The van der Waals surface area contributed by atoms with Crippen LogP contribution < -0.4 is 5.32 Å². The zero-order valence-corrected chi connectivity index (χ0v) is 8.30. The van der Waals surface area contributed by atoms with Crippen LogP contribution in [0.25, 0.3) is 0 Å². The van der Waals surface area contributed by atoms with Crippen molar-refractivity contribution in [1.82, 2.24) is 9.97 Å². The fourth-order valence-corrected chi connectivity index (χ4v) is 1.05. The van der Waals surface area contributed by atoms with Crippen molar-refractivity contribution >= 4 is 5.82 Å². The molecule has 15 heavy (non-hydrogen) atoms. The van der Waals surface area contributed by atoms with Crippen LogP contribution in [0.4, 0.5) is 19.0 Å². The zero-order valence-electron chi connectivity index (χ0n) is 8.30. The third kappa shape index (κ3) is 4.62. The Balaban J connectivity index is 2.66. The maximum absolute atomic E-state index is 12.0. The van der Waals surface area contributed by atoms with Gasteiger partial charge in [0.1, 0.15) is 12.1 Å². The number of hydrogen-bond acceptors (Lipinski definition) is 3. The van der Waals surface area contributed by atoms with Gasteiger partial charge >= 0.3 is 6.18 Å². The Morgan fingerprint density at radius 2 is 2.07 bits per heavy atom. The normalized spacial score (nSPS) is 11.5. The molecule has 1 aromatic heterocycles. The summed E-state index contributed by atoms with van der Waals surface area (Å²) in [5, 5.41) is 2.90. The summed E-state index contributed by atoms with van der Waals surface area (Å²) in [6, 6.07) is 1.32. The smallest absolute Gasteiger partial charge is 0.370 e. The van der Waals surface area contributed by atoms with Crippen LogP contribution in [-0.2, 0) is 6.42 Å². The molecule has 6 heteroatoms. The number of rotatable bonds is 4. The van der Waals surface area contributed by atoms with E-state index in [1.807, 2.05) is 6.92 Å². The highest BCUT2D eigenvalue weighted by Crippen LogP contribution is 2.20. The van der Waals surface area contributed by atoms with Crippen LogP contribution in [0.15, 0.2) is 12.4 Å². The summed E-state index contributed by atoms with van der Waals surface area (Å²) in [5.74, 6) is 0.436. The van der Waals surface area contributed by atoms with Crippen molar-refractivity contribution in [3.63, 3.8) is 0 Å². The van der Waals surface area contributed by atoms with Crippen molar-refractivity contribution in [1.29, 1.82) is 0 Å². The lowest BCUT2D eigenvalue weighted by atomic mass is 10.3. The molecule has 0 aliphatic heterocycles. The Bertz CT molecular complexity index is 312. The number of alkyl halides is 3. The van der Waals surface area contributed by atoms with Crippen molar-refractivity contribution in [2.45, 2.75) is 25.9 Å². The minimum Gasteiger partial charge on any atom is -0.370 e. The molecule has 1 rings (SSSR count). The predicted molar refractivity (Wildman–Crippen MR) is 50.6 cm³/mol. The third-order valence-corrected chi connectivity index (χ3v) is 1.66. The Morgan fingerprint density at radius 1 is 1.33 bits per heavy atom. The molecule has 1 N–H and O–H groups in total. The molecule has 0 radical (unpaired) electrons. The van der Waals surface area contributed by atoms with E-state index in [9.17, 15) is 13.2 Å². The second-order valence-electron chi connectivity index (χ2n) is 3.11. The average Bonchev–Trinajstić information content (AvgIpc) is 2.12. The van der Waals surface area contributed by atoms with Crippen LogP contribution in [-0.4, -0.2) is 22.7 Å². The third-order valence-electron chi connectivity index (χ3n) is 1.66. The first-order valence-corrected chi connectivity index (χ1v) is 4.63. The summed E-state index contributed by atoms with van der Waals surface area (Å²) >= 11 is 0. The second-order valence-corrected chi connectivity index (χ2v) is 3.11. The summed E-state index contributed by atoms with van der Waals surface area (Å²) in [4.78, 5) is 7.38. The highest BCUT2D eigenvalue weighted by atomic mass is 19.4. The van der Waals surface area contributed by atoms with Crippen molar-refractivity contribution < 1.29 is 13.2 Å². The number of halogens is 3. The van der Waals surface area contributed by atoms with E-state index in [1.165, 1.54) is 6.07 Å². The van der Waals surface area contributed by atoms with Crippen LogP contribution in [0.3, 0.4) is 0 Å². The van der Waals surface area contributed by atoms with Gasteiger partial charge in [0.25, 0.3) is 0 Å². The molecule has 0 spiro atoms. The lowest BCUT2D eigenvalue weighted by molar-refractivity contribution is -0.127. The first kappa shape index (κ1) is 11.7. The van der Waals surface area contributed by atoms with Gasteiger partial charge in [0, 0.05) is 12.6 Å². The highest BCUT2D eigenvalue weighted by Gasteiger charge is 2.28. The molecule has 0 atom stereocenters. The van der Waals surface area contributed by atoms with Crippen molar-refractivity contribution in [3.8, 4) is 0 Å². The van der Waals surface area contributed by atoms with Crippen LogP contribution in [0.5, 0.6) is 0 Å². The summed E-state index contributed by atoms with van der Waals surface area (Å²) in [7, 11) is 0. The quantitative estimate of drug-likeness (QED) is 0.844. The lowest BCUT2D eigenvalue weighted by Crippen LogP contribution is -2.13. The van der Waals surface area contributed by atoms with E-state index in [4.69, 9.17) is 0 Å². The molecular formula is C9H12F3N3. The summed E-state index contributed by atoms with van der Waals surface area (Å²) in [5.41, 5.74) is -0.0175. The minimum atomic E-state index is -4.23. The SMILES string of the molecule is CCCNc1cc(CC(F)(F)F)ncn1. The van der Waals surface area contributed by atoms with Crippen LogP contribution in [0.2, 0.25) is 0 Å². The fourth-order valence-electron chi connectivity index (χ4n) is 1.05. The molecule has 0 unspecified atom stereocenters. The molecular weight excluding hydrogens is 207 g/mol. The van der Waals surface area contributed by atoms with Gasteiger partial charge in [0.15, 0.2) is 0 Å². The van der Waals surface area contributed by atoms with Gasteiger partial charge < -0.3 is 5.32 Å². The van der Waals surface area contributed by atoms with Gasteiger partial charge in [-0.1, -0.05) is 6.92 Å². The molecule has 0 amide bonds. The van der Waals surface area contributed by atoms with Crippen LogP contribution in [0.1, 0.15) is 19.0 Å². The number of nitrogens with zero attached hydrogens (tertiary/aromatic N) is 2. The molecule has 0 aliphatic carbocycles. The molecule has 0 fully saturated rings. The monoisotopic (exact) mass is 219 g/mol. The van der Waals surface area contributed by atoms with E-state index in [0.717, 1.165) is 12.7 Å². The number of hydrogen-bond donors (Lipinski definition) is 1. The number of aromatic nitrogens is 2. The number of nitrogens with one attached hydrogen (secondary N) is 1. The molecule has 1 heterocycles. The average molecular weight is 219 g/mol. The van der Waals surface area contributed by atoms with Gasteiger partial charge in [0.05, 0.1) is 12.1 Å². The molecule has 1 aromatic rings.